The Morgan fingerprint density at radius 1 is 1.14 bits per heavy atom. The van der Waals surface area contributed by atoms with Crippen LogP contribution in [0.1, 0.15) is 11.3 Å². The molecule has 104 valence electrons. The maximum absolute atomic E-state index is 13.0. The van der Waals surface area contributed by atoms with E-state index < -0.39 is 15.8 Å². The van der Waals surface area contributed by atoms with Crippen molar-refractivity contribution in [3.05, 3.63) is 53.6 Å². The van der Waals surface area contributed by atoms with Gasteiger partial charge in [-0.3, -0.25) is 4.72 Å². The van der Waals surface area contributed by atoms with E-state index in [-0.39, 0.29) is 21.8 Å². The van der Waals surface area contributed by atoms with Crippen LogP contribution in [0.5, 0.6) is 0 Å². The largest absolute Gasteiger partial charge is 0.278 e. The van der Waals surface area contributed by atoms with E-state index in [4.69, 9.17) is 10.5 Å². The van der Waals surface area contributed by atoms with Gasteiger partial charge < -0.3 is 0 Å². The van der Waals surface area contributed by atoms with Crippen molar-refractivity contribution in [2.24, 2.45) is 0 Å². The van der Waals surface area contributed by atoms with Gasteiger partial charge in [-0.15, -0.1) is 0 Å². The molecule has 0 spiro atoms. The SMILES string of the molecule is N#Cc1ccc(S(=O)(=O)Nc2ccc(F)cc2C#N)cn1. The molecule has 1 aromatic heterocycles. The third kappa shape index (κ3) is 3.14. The van der Waals surface area contributed by atoms with E-state index in [2.05, 4.69) is 9.71 Å². The van der Waals surface area contributed by atoms with Crippen LogP contribution in [0.3, 0.4) is 0 Å². The molecule has 6 nitrogen and oxygen atoms in total. The second kappa shape index (κ2) is 5.57. The Morgan fingerprint density at radius 2 is 1.90 bits per heavy atom. The molecule has 0 unspecified atom stereocenters. The van der Waals surface area contributed by atoms with Crippen LogP contribution in [0.4, 0.5) is 10.1 Å². The highest BCUT2D eigenvalue weighted by atomic mass is 32.2. The third-order valence-electron chi connectivity index (χ3n) is 2.51. The van der Waals surface area contributed by atoms with E-state index in [1.807, 2.05) is 0 Å². The first-order chi connectivity index (χ1) is 9.96. The number of hydrogen-bond acceptors (Lipinski definition) is 5. The van der Waals surface area contributed by atoms with Gasteiger partial charge in [0.2, 0.25) is 0 Å². The predicted octanol–water partition coefficient (Wildman–Crippen LogP) is 1.76. The van der Waals surface area contributed by atoms with Crippen LogP contribution < -0.4 is 4.72 Å². The number of aromatic nitrogens is 1. The highest BCUT2D eigenvalue weighted by Crippen LogP contribution is 2.20. The Labute approximate surface area is 120 Å². The summed E-state index contributed by atoms with van der Waals surface area (Å²) in [5, 5.41) is 17.5. The van der Waals surface area contributed by atoms with Gasteiger partial charge in [0.05, 0.1) is 11.3 Å². The Kier molecular flexibility index (Phi) is 3.83. The number of hydrogen-bond donors (Lipinski definition) is 1. The second-order valence-electron chi connectivity index (χ2n) is 3.90. The molecule has 2 aromatic rings. The Balaban J connectivity index is 2.38. The zero-order valence-electron chi connectivity index (χ0n) is 10.4. The molecule has 0 fully saturated rings. The summed E-state index contributed by atoms with van der Waals surface area (Å²) in [6.07, 6.45) is 1.02. The molecule has 1 aromatic carbocycles. The molecule has 0 saturated heterocycles. The molecule has 0 atom stereocenters. The highest BCUT2D eigenvalue weighted by molar-refractivity contribution is 7.92. The minimum absolute atomic E-state index is 0.0386. The van der Waals surface area contributed by atoms with Crippen molar-refractivity contribution in [3.63, 3.8) is 0 Å². The monoisotopic (exact) mass is 302 g/mol. The molecule has 0 bridgehead atoms. The number of pyridine rings is 1. The first-order valence-electron chi connectivity index (χ1n) is 5.55. The molecule has 0 aliphatic carbocycles. The van der Waals surface area contributed by atoms with Crippen molar-refractivity contribution in [1.29, 1.82) is 10.5 Å². The summed E-state index contributed by atoms with van der Waals surface area (Å²) >= 11 is 0. The summed E-state index contributed by atoms with van der Waals surface area (Å²) in [5.41, 5.74) is -0.100. The maximum atomic E-state index is 13.0. The minimum Gasteiger partial charge on any atom is -0.278 e. The van der Waals surface area contributed by atoms with Gasteiger partial charge in [0.25, 0.3) is 10.0 Å². The number of nitriles is 2. The molecule has 21 heavy (non-hydrogen) atoms. The van der Waals surface area contributed by atoms with Gasteiger partial charge in [0, 0.05) is 6.20 Å². The number of nitrogens with one attached hydrogen (secondary N) is 1. The normalized spacial score (nSPS) is 10.4. The van der Waals surface area contributed by atoms with Crippen LogP contribution in [0.2, 0.25) is 0 Å². The van der Waals surface area contributed by atoms with Crippen LogP contribution in [-0.2, 0) is 10.0 Å². The van der Waals surface area contributed by atoms with Crippen molar-refractivity contribution in [2.75, 3.05) is 4.72 Å². The number of rotatable bonds is 3. The van der Waals surface area contributed by atoms with Gasteiger partial charge in [-0.05, 0) is 30.3 Å². The molecule has 2 rings (SSSR count). The average molecular weight is 302 g/mol. The lowest BCUT2D eigenvalue weighted by atomic mass is 10.2. The van der Waals surface area contributed by atoms with Crippen LogP contribution in [0.15, 0.2) is 41.4 Å². The summed E-state index contributed by atoms with van der Waals surface area (Å²) in [6, 6.07) is 9.06. The van der Waals surface area contributed by atoms with Gasteiger partial charge in [-0.25, -0.2) is 17.8 Å². The van der Waals surface area contributed by atoms with E-state index in [1.54, 1.807) is 12.1 Å². The van der Waals surface area contributed by atoms with Crippen LogP contribution in [0, 0.1) is 28.5 Å². The lowest BCUT2D eigenvalue weighted by Crippen LogP contribution is -2.14. The van der Waals surface area contributed by atoms with E-state index in [0.29, 0.717) is 0 Å². The Hall–Kier alpha value is -2.97. The maximum Gasteiger partial charge on any atom is 0.263 e. The van der Waals surface area contributed by atoms with Crippen LogP contribution in [0.25, 0.3) is 0 Å². The summed E-state index contributed by atoms with van der Waals surface area (Å²) in [7, 11) is -3.98. The standard InChI is InChI=1S/C13H7FN4O2S/c14-10-1-4-13(9(5-10)6-15)18-21(19,20)12-3-2-11(7-16)17-8-12/h1-5,8,18H. The zero-order valence-corrected chi connectivity index (χ0v) is 11.2. The zero-order chi connectivity index (χ0) is 15.5. The number of anilines is 1. The number of nitrogens with zero attached hydrogens (tertiary/aromatic N) is 3. The van der Waals surface area contributed by atoms with Crippen molar-refractivity contribution in [1.82, 2.24) is 4.98 Å². The molecule has 0 aliphatic heterocycles. The van der Waals surface area contributed by atoms with Crippen molar-refractivity contribution >= 4 is 15.7 Å². The van der Waals surface area contributed by atoms with E-state index in [0.717, 1.165) is 24.4 Å². The van der Waals surface area contributed by atoms with Crippen molar-refractivity contribution in [3.8, 4) is 12.1 Å². The summed E-state index contributed by atoms with van der Waals surface area (Å²) in [4.78, 5) is 3.48. The molecule has 8 heteroatoms. The van der Waals surface area contributed by atoms with Gasteiger partial charge in [-0.2, -0.15) is 10.5 Å². The first kappa shape index (κ1) is 14.4. The predicted molar refractivity (Wildman–Crippen MR) is 70.9 cm³/mol. The summed E-state index contributed by atoms with van der Waals surface area (Å²) in [5.74, 6) is -0.644. The Bertz CT molecular complexity index is 865. The van der Waals surface area contributed by atoms with Gasteiger partial charge in [0.1, 0.15) is 28.5 Å². The first-order valence-corrected chi connectivity index (χ1v) is 7.03. The van der Waals surface area contributed by atoms with Crippen molar-refractivity contribution in [2.45, 2.75) is 4.90 Å². The quantitative estimate of drug-likeness (QED) is 0.929. The molecular formula is C13H7FN4O2S. The fourth-order valence-corrected chi connectivity index (χ4v) is 2.53. The van der Waals surface area contributed by atoms with Gasteiger partial charge >= 0.3 is 0 Å². The molecule has 0 amide bonds. The van der Waals surface area contributed by atoms with Crippen LogP contribution in [-0.4, -0.2) is 13.4 Å². The molecular weight excluding hydrogens is 295 g/mol. The topological polar surface area (TPSA) is 107 Å². The van der Waals surface area contributed by atoms with E-state index in [9.17, 15) is 12.8 Å². The van der Waals surface area contributed by atoms with Gasteiger partial charge in [0.15, 0.2) is 0 Å². The fourth-order valence-electron chi connectivity index (χ4n) is 1.51. The molecule has 1 N–H and O–H groups in total. The lowest BCUT2D eigenvalue weighted by Gasteiger charge is -2.09. The lowest BCUT2D eigenvalue weighted by molar-refractivity contribution is 0.600. The number of sulfonamides is 1. The van der Waals surface area contributed by atoms with Crippen molar-refractivity contribution < 1.29 is 12.8 Å². The highest BCUT2D eigenvalue weighted by Gasteiger charge is 2.17. The number of halogens is 1. The fraction of sp³-hybridized carbons (Fsp3) is 0. The molecule has 0 radical (unpaired) electrons. The summed E-state index contributed by atoms with van der Waals surface area (Å²) < 4.78 is 39.4. The second-order valence-corrected chi connectivity index (χ2v) is 5.58. The molecule has 0 saturated carbocycles. The smallest absolute Gasteiger partial charge is 0.263 e. The minimum atomic E-state index is -3.98. The average Bonchev–Trinajstić information content (AvgIpc) is 2.49. The van der Waals surface area contributed by atoms with E-state index >= 15 is 0 Å². The Morgan fingerprint density at radius 3 is 2.48 bits per heavy atom. The molecule has 1 heterocycles. The third-order valence-corrected chi connectivity index (χ3v) is 3.86. The van der Waals surface area contributed by atoms with Gasteiger partial charge in [-0.1, -0.05) is 0 Å². The van der Waals surface area contributed by atoms with Crippen LogP contribution >= 0.6 is 0 Å². The number of benzene rings is 1. The van der Waals surface area contributed by atoms with E-state index in [1.165, 1.54) is 12.1 Å². The molecule has 0 aliphatic rings. The summed E-state index contributed by atoms with van der Waals surface area (Å²) in [6.45, 7) is 0.